The Morgan fingerprint density at radius 3 is 2.54 bits per heavy atom. The van der Waals surface area contributed by atoms with Crippen molar-refractivity contribution in [1.82, 2.24) is 5.32 Å². The smallest absolute Gasteiger partial charge is 0.269 e. The predicted molar refractivity (Wildman–Crippen MR) is 93.4 cm³/mol. The first-order valence-corrected chi connectivity index (χ1v) is 8.29. The van der Waals surface area contributed by atoms with Crippen LogP contribution in [0.5, 0.6) is 5.75 Å². The fourth-order valence-electron chi connectivity index (χ4n) is 2.20. The lowest BCUT2D eigenvalue weighted by Crippen LogP contribution is -2.28. The molecule has 2 aromatic carbocycles. The van der Waals surface area contributed by atoms with Crippen LogP contribution in [0.15, 0.2) is 53.4 Å². The maximum absolute atomic E-state index is 12.1. The number of non-ortho nitro benzene ring substituents is 1. The third kappa shape index (κ3) is 4.73. The molecule has 0 aliphatic rings. The molecule has 1 atom stereocenters. The van der Waals surface area contributed by atoms with Gasteiger partial charge in [0, 0.05) is 22.6 Å². The number of methoxy groups -OCH3 is 1. The van der Waals surface area contributed by atoms with Crippen molar-refractivity contribution in [1.29, 1.82) is 0 Å². The van der Waals surface area contributed by atoms with Crippen molar-refractivity contribution in [3.8, 4) is 5.75 Å². The molecule has 6 nitrogen and oxygen atoms in total. The largest absolute Gasteiger partial charge is 0.496 e. The maximum atomic E-state index is 12.1. The molecule has 2 rings (SSSR count). The molecule has 0 aliphatic carbocycles. The summed E-state index contributed by atoms with van der Waals surface area (Å²) in [6.45, 7) is 1.90. The normalized spacial score (nSPS) is 11.6. The van der Waals surface area contributed by atoms with Gasteiger partial charge in [0.15, 0.2) is 0 Å². The topological polar surface area (TPSA) is 81.5 Å². The summed E-state index contributed by atoms with van der Waals surface area (Å²) in [5, 5.41) is 13.5. The number of benzene rings is 2. The van der Waals surface area contributed by atoms with Crippen LogP contribution in [-0.2, 0) is 4.79 Å². The summed E-state index contributed by atoms with van der Waals surface area (Å²) in [6, 6.07) is 13.5. The molecule has 1 unspecified atom stereocenters. The molecule has 0 aliphatic heterocycles. The summed E-state index contributed by atoms with van der Waals surface area (Å²) in [4.78, 5) is 23.1. The first-order valence-electron chi connectivity index (χ1n) is 7.31. The van der Waals surface area contributed by atoms with Crippen molar-refractivity contribution in [3.63, 3.8) is 0 Å². The quantitative estimate of drug-likeness (QED) is 0.471. The molecule has 0 heterocycles. The summed E-state index contributed by atoms with van der Waals surface area (Å²) in [5.41, 5.74) is 0.947. The zero-order valence-electron chi connectivity index (χ0n) is 13.4. The molecule has 2 aromatic rings. The van der Waals surface area contributed by atoms with Crippen molar-refractivity contribution in [2.75, 3.05) is 12.9 Å². The fraction of sp³-hybridized carbons (Fsp3) is 0.235. The van der Waals surface area contributed by atoms with Gasteiger partial charge in [0.1, 0.15) is 5.75 Å². The van der Waals surface area contributed by atoms with Gasteiger partial charge in [0.2, 0.25) is 5.91 Å². The molecule has 0 fully saturated rings. The van der Waals surface area contributed by atoms with E-state index in [0.717, 1.165) is 16.2 Å². The van der Waals surface area contributed by atoms with E-state index in [1.54, 1.807) is 19.2 Å². The Labute approximate surface area is 144 Å². The number of hydrogen-bond donors (Lipinski definition) is 1. The van der Waals surface area contributed by atoms with Gasteiger partial charge in [-0.25, -0.2) is 0 Å². The number of carbonyl (C=O) groups excluding carboxylic acids is 1. The second kappa shape index (κ2) is 8.35. The number of nitrogens with one attached hydrogen (secondary N) is 1. The number of ether oxygens (including phenoxy) is 1. The molecule has 0 radical (unpaired) electrons. The third-order valence-electron chi connectivity index (χ3n) is 3.40. The van der Waals surface area contributed by atoms with Crippen LogP contribution < -0.4 is 10.1 Å². The van der Waals surface area contributed by atoms with Gasteiger partial charge in [-0.2, -0.15) is 0 Å². The molecule has 0 spiro atoms. The highest BCUT2D eigenvalue weighted by atomic mass is 32.2. The Kier molecular flexibility index (Phi) is 6.20. The Balaban J connectivity index is 1.89. The molecular weight excluding hydrogens is 328 g/mol. The summed E-state index contributed by atoms with van der Waals surface area (Å²) in [7, 11) is 1.60. The van der Waals surface area contributed by atoms with Gasteiger partial charge >= 0.3 is 0 Å². The second-order valence-corrected chi connectivity index (χ2v) is 6.12. The minimum absolute atomic E-state index is 0.0357. The second-order valence-electron chi connectivity index (χ2n) is 5.07. The number of thioether (sulfide) groups is 1. The Morgan fingerprint density at radius 2 is 1.92 bits per heavy atom. The molecular formula is C17H18N2O4S. The van der Waals surface area contributed by atoms with E-state index in [4.69, 9.17) is 4.74 Å². The van der Waals surface area contributed by atoms with E-state index in [0.29, 0.717) is 0 Å². The highest BCUT2D eigenvalue weighted by Gasteiger charge is 2.14. The lowest BCUT2D eigenvalue weighted by molar-refractivity contribution is -0.384. The Morgan fingerprint density at radius 1 is 1.25 bits per heavy atom. The number of para-hydroxylation sites is 1. The molecule has 0 saturated heterocycles. The first kappa shape index (κ1) is 17.8. The monoisotopic (exact) mass is 346 g/mol. The average molecular weight is 346 g/mol. The van der Waals surface area contributed by atoms with E-state index in [2.05, 4.69) is 5.32 Å². The van der Waals surface area contributed by atoms with Crippen LogP contribution in [-0.4, -0.2) is 23.7 Å². The zero-order valence-corrected chi connectivity index (χ0v) is 14.2. The molecule has 1 N–H and O–H groups in total. The molecule has 126 valence electrons. The van der Waals surface area contributed by atoms with Crippen molar-refractivity contribution < 1.29 is 14.5 Å². The first-order chi connectivity index (χ1) is 11.5. The Bertz CT molecular complexity index is 719. The number of amides is 1. The van der Waals surface area contributed by atoms with E-state index in [9.17, 15) is 14.9 Å². The molecule has 0 bridgehead atoms. The standard InChI is InChI=1S/C17H18N2O4S/c1-12(15-5-3-4-6-16(15)23-2)18-17(20)11-24-14-9-7-13(8-10-14)19(21)22/h3-10,12H,11H2,1-2H3,(H,18,20). The van der Waals surface area contributed by atoms with Crippen LogP contribution in [0.2, 0.25) is 0 Å². The fourth-order valence-corrected chi connectivity index (χ4v) is 2.91. The van der Waals surface area contributed by atoms with Gasteiger partial charge in [0.05, 0.1) is 23.8 Å². The van der Waals surface area contributed by atoms with Gasteiger partial charge < -0.3 is 10.1 Å². The number of carbonyl (C=O) groups is 1. The van der Waals surface area contributed by atoms with Crippen LogP contribution in [0.1, 0.15) is 18.5 Å². The highest BCUT2D eigenvalue weighted by molar-refractivity contribution is 8.00. The lowest BCUT2D eigenvalue weighted by Gasteiger charge is -2.17. The van der Waals surface area contributed by atoms with Gasteiger partial charge in [0.25, 0.3) is 5.69 Å². The Hall–Kier alpha value is -2.54. The molecule has 24 heavy (non-hydrogen) atoms. The average Bonchev–Trinajstić information content (AvgIpc) is 2.60. The highest BCUT2D eigenvalue weighted by Crippen LogP contribution is 2.25. The number of nitro groups is 1. The summed E-state index contributed by atoms with van der Waals surface area (Å²) >= 11 is 1.33. The van der Waals surface area contributed by atoms with E-state index in [1.165, 1.54) is 23.9 Å². The van der Waals surface area contributed by atoms with Gasteiger partial charge in [-0.1, -0.05) is 18.2 Å². The number of nitrogens with zero attached hydrogens (tertiary/aromatic N) is 1. The van der Waals surface area contributed by atoms with E-state index in [-0.39, 0.29) is 23.4 Å². The summed E-state index contributed by atoms with van der Waals surface area (Å²) in [5.74, 6) is 0.849. The molecule has 1 amide bonds. The minimum Gasteiger partial charge on any atom is -0.496 e. The van der Waals surface area contributed by atoms with Crippen LogP contribution in [0, 0.1) is 10.1 Å². The van der Waals surface area contributed by atoms with Crippen LogP contribution in [0.25, 0.3) is 0 Å². The van der Waals surface area contributed by atoms with Crippen LogP contribution >= 0.6 is 11.8 Å². The van der Waals surface area contributed by atoms with Crippen LogP contribution in [0.3, 0.4) is 0 Å². The van der Waals surface area contributed by atoms with E-state index >= 15 is 0 Å². The molecule has 0 aromatic heterocycles. The van der Waals surface area contributed by atoms with Gasteiger partial charge in [-0.15, -0.1) is 11.8 Å². The molecule has 7 heteroatoms. The zero-order chi connectivity index (χ0) is 17.5. The van der Waals surface area contributed by atoms with E-state index < -0.39 is 4.92 Å². The van der Waals surface area contributed by atoms with Crippen molar-refractivity contribution in [3.05, 3.63) is 64.2 Å². The van der Waals surface area contributed by atoms with E-state index in [1.807, 2.05) is 31.2 Å². The SMILES string of the molecule is COc1ccccc1C(C)NC(=O)CSc1ccc([N+](=O)[O-])cc1. The summed E-state index contributed by atoms with van der Waals surface area (Å²) < 4.78 is 5.30. The lowest BCUT2D eigenvalue weighted by atomic mass is 10.1. The molecule has 0 saturated carbocycles. The van der Waals surface area contributed by atoms with Crippen molar-refractivity contribution in [2.45, 2.75) is 17.9 Å². The third-order valence-corrected chi connectivity index (χ3v) is 4.41. The minimum atomic E-state index is -0.448. The number of rotatable bonds is 7. The van der Waals surface area contributed by atoms with Crippen LogP contribution in [0.4, 0.5) is 5.69 Å². The van der Waals surface area contributed by atoms with Gasteiger partial charge in [-0.05, 0) is 25.1 Å². The number of nitro benzene ring substituents is 1. The van der Waals surface area contributed by atoms with Gasteiger partial charge in [-0.3, -0.25) is 14.9 Å². The van der Waals surface area contributed by atoms with Crippen molar-refractivity contribution >= 4 is 23.4 Å². The van der Waals surface area contributed by atoms with Crippen molar-refractivity contribution in [2.24, 2.45) is 0 Å². The maximum Gasteiger partial charge on any atom is 0.269 e. The summed E-state index contributed by atoms with van der Waals surface area (Å²) in [6.07, 6.45) is 0. The number of hydrogen-bond acceptors (Lipinski definition) is 5. The predicted octanol–water partition coefficient (Wildman–Crippen LogP) is 3.57.